The lowest BCUT2D eigenvalue weighted by Crippen LogP contribution is -2.37. The Morgan fingerprint density at radius 2 is 1.83 bits per heavy atom. The van der Waals surface area contributed by atoms with Crippen LogP contribution in [0, 0.1) is 0 Å². The van der Waals surface area contributed by atoms with Gasteiger partial charge in [0.05, 0.1) is 18.4 Å². The molecule has 1 saturated heterocycles. The first kappa shape index (κ1) is 21.6. The molecule has 7 heteroatoms. The van der Waals surface area contributed by atoms with Crippen LogP contribution in [0.25, 0.3) is 5.76 Å². The molecule has 1 N–H and O–H groups in total. The fourth-order valence-electron chi connectivity index (χ4n) is 3.67. The maximum atomic E-state index is 12.9. The third kappa shape index (κ3) is 4.26. The van der Waals surface area contributed by atoms with Crippen molar-refractivity contribution in [2.45, 2.75) is 26.8 Å². The van der Waals surface area contributed by atoms with Crippen molar-refractivity contribution < 1.29 is 23.8 Å². The van der Waals surface area contributed by atoms with E-state index >= 15 is 0 Å². The zero-order chi connectivity index (χ0) is 21.7. The summed E-state index contributed by atoms with van der Waals surface area (Å²) in [6.45, 7) is 9.19. The van der Waals surface area contributed by atoms with Gasteiger partial charge < -0.3 is 24.1 Å². The average molecular weight is 412 g/mol. The molecule has 2 heterocycles. The lowest BCUT2D eigenvalue weighted by Gasteiger charge is -2.26. The van der Waals surface area contributed by atoms with Gasteiger partial charge in [0.15, 0.2) is 0 Å². The Morgan fingerprint density at radius 1 is 1.13 bits per heavy atom. The third-order valence-electron chi connectivity index (χ3n) is 5.34. The number of likely N-dealkylation sites (N-methyl/N-ethyl adjacent to an activating group) is 1. The van der Waals surface area contributed by atoms with E-state index in [1.54, 1.807) is 36.4 Å². The molecular weight excluding hydrogens is 384 g/mol. The zero-order valence-corrected chi connectivity index (χ0v) is 17.6. The van der Waals surface area contributed by atoms with E-state index in [4.69, 9.17) is 9.15 Å². The number of ether oxygens (including phenoxy) is 1. The Morgan fingerprint density at radius 3 is 2.40 bits per heavy atom. The van der Waals surface area contributed by atoms with E-state index < -0.39 is 17.7 Å². The van der Waals surface area contributed by atoms with E-state index in [1.807, 2.05) is 20.8 Å². The van der Waals surface area contributed by atoms with E-state index in [2.05, 4.69) is 4.90 Å². The molecule has 1 fully saturated rings. The van der Waals surface area contributed by atoms with Crippen LogP contribution in [0.4, 0.5) is 0 Å². The number of hydrogen-bond acceptors (Lipinski definition) is 6. The zero-order valence-electron chi connectivity index (χ0n) is 17.6. The van der Waals surface area contributed by atoms with E-state index in [1.165, 1.54) is 11.2 Å². The Hall–Kier alpha value is -3.06. The van der Waals surface area contributed by atoms with Gasteiger partial charge in [-0.3, -0.25) is 9.59 Å². The Kier molecular flexibility index (Phi) is 6.95. The Balaban J connectivity index is 1.99. The van der Waals surface area contributed by atoms with Gasteiger partial charge in [0, 0.05) is 18.7 Å². The largest absolute Gasteiger partial charge is 0.507 e. The van der Waals surface area contributed by atoms with Crippen molar-refractivity contribution in [3.8, 4) is 5.75 Å². The molecule has 1 atom stereocenters. The monoisotopic (exact) mass is 412 g/mol. The van der Waals surface area contributed by atoms with Crippen LogP contribution >= 0.6 is 0 Å². The van der Waals surface area contributed by atoms with Gasteiger partial charge in [-0.2, -0.15) is 0 Å². The number of aliphatic hydroxyl groups is 1. The Bertz CT molecular complexity index is 898. The van der Waals surface area contributed by atoms with Crippen molar-refractivity contribution in [1.29, 1.82) is 0 Å². The predicted molar refractivity (Wildman–Crippen MR) is 113 cm³/mol. The molecule has 0 bridgehead atoms. The number of furan rings is 1. The molecule has 0 radical (unpaired) electrons. The molecule has 1 aromatic carbocycles. The first-order valence-corrected chi connectivity index (χ1v) is 10.3. The molecule has 1 aliphatic rings. The summed E-state index contributed by atoms with van der Waals surface area (Å²) in [5, 5.41) is 11.0. The van der Waals surface area contributed by atoms with Crippen molar-refractivity contribution >= 4 is 17.4 Å². The summed E-state index contributed by atoms with van der Waals surface area (Å²) in [5.41, 5.74) is 0.482. The topological polar surface area (TPSA) is 83.2 Å². The molecule has 2 aromatic rings. The van der Waals surface area contributed by atoms with Gasteiger partial charge in [-0.15, -0.1) is 0 Å². The number of rotatable bonds is 9. The smallest absolute Gasteiger partial charge is 0.295 e. The first-order valence-electron chi connectivity index (χ1n) is 10.3. The predicted octanol–water partition coefficient (Wildman–Crippen LogP) is 3.44. The summed E-state index contributed by atoms with van der Waals surface area (Å²) in [7, 11) is 0. The molecule has 160 valence electrons. The number of Topliss-reactive ketones (excluding diaryl/α,β-unsaturated/α-hetero) is 1. The van der Waals surface area contributed by atoms with Crippen molar-refractivity contribution in [2.75, 3.05) is 32.8 Å². The second kappa shape index (κ2) is 9.63. The lowest BCUT2D eigenvalue weighted by atomic mass is 9.99. The minimum absolute atomic E-state index is 0.0404. The molecule has 0 unspecified atom stereocenters. The maximum absolute atomic E-state index is 12.9. The Labute approximate surface area is 176 Å². The van der Waals surface area contributed by atoms with Gasteiger partial charge in [-0.1, -0.05) is 13.8 Å². The van der Waals surface area contributed by atoms with E-state index in [9.17, 15) is 14.7 Å². The fraction of sp³-hybridized carbons (Fsp3) is 0.391. The second-order valence-electron chi connectivity index (χ2n) is 6.99. The summed E-state index contributed by atoms with van der Waals surface area (Å²) >= 11 is 0. The average Bonchev–Trinajstić information content (AvgIpc) is 3.37. The van der Waals surface area contributed by atoms with E-state index in [0.29, 0.717) is 36.8 Å². The normalized spacial score (nSPS) is 18.4. The van der Waals surface area contributed by atoms with E-state index in [-0.39, 0.29) is 11.3 Å². The number of nitrogens with zero attached hydrogens (tertiary/aromatic N) is 2. The van der Waals surface area contributed by atoms with Crippen LogP contribution in [0.5, 0.6) is 5.75 Å². The fourth-order valence-corrected chi connectivity index (χ4v) is 3.67. The van der Waals surface area contributed by atoms with Crippen LogP contribution in [0.15, 0.2) is 52.7 Å². The van der Waals surface area contributed by atoms with Crippen LogP contribution in [0.3, 0.4) is 0 Å². The highest BCUT2D eigenvalue weighted by Gasteiger charge is 2.47. The van der Waals surface area contributed by atoms with Gasteiger partial charge >= 0.3 is 0 Å². The first-order chi connectivity index (χ1) is 14.5. The van der Waals surface area contributed by atoms with Crippen LogP contribution in [-0.2, 0) is 9.59 Å². The highest BCUT2D eigenvalue weighted by Crippen LogP contribution is 2.39. The number of aliphatic hydroxyl groups excluding tert-OH is 1. The van der Waals surface area contributed by atoms with Crippen molar-refractivity contribution in [1.82, 2.24) is 9.80 Å². The summed E-state index contributed by atoms with van der Waals surface area (Å²) < 4.78 is 11.0. The van der Waals surface area contributed by atoms with Crippen LogP contribution < -0.4 is 4.74 Å². The summed E-state index contributed by atoms with van der Waals surface area (Å²) in [6.07, 6.45) is 1.50. The third-order valence-corrected chi connectivity index (χ3v) is 5.34. The van der Waals surface area contributed by atoms with Gasteiger partial charge in [0.25, 0.3) is 11.7 Å². The quantitative estimate of drug-likeness (QED) is 0.386. The van der Waals surface area contributed by atoms with Crippen molar-refractivity contribution in [2.24, 2.45) is 0 Å². The summed E-state index contributed by atoms with van der Waals surface area (Å²) in [6, 6.07) is 9.44. The molecule has 3 rings (SSSR count). The van der Waals surface area contributed by atoms with Gasteiger partial charge in [0.1, 0.15) is 23.3 Å². The number of ketones is 1. The standard InChI is InChI=1S/C23H28N2O5/c1-4-24(5-2)13-14-25-20(18-8-7-15-30-18)19(22(27)23(25)28)21(26)16-9-11-17(12-10-16)29-6-3/h7-12,15,20,26H,4-6,13-14H2,1-3H3/t20-/m0/s1. The molecule has 1 aromatic heterocycles. The van der Waals surface area contributed by atoms with Crippen molar-refractivity contribution in [3.05, 3.63) is 59.6 Å². The van der Waals surface area contributed by atoms with Crippen molar-refractivity contribution in [3.63, 3.8) is 0 Å². The number of hydrogen-bond donors (Lipinski definition) is 1. The molecule has 1 aliphatic heterocycles. The van der Waals surface area contributed by atoms with E-state index in [0.717, 1.165) is 13.1 Å². The molecule has 7 nitrogen and oxygen atoms in total. The number of carbonyl (C=O) groups is 2. The lowest BCUT2D eigenvalue weighted by molar-refractivity contribution is -0.140. The number of benzene rings is 1. The SMILES string of the molecule is CCOc1ccc(C(O)=C2C(=O)C(=O)N(CCN(CC)CC)[C@H]2c2ccco2)cc1. The summed E-state index contributed by atoms with van der Waals surface area (Å²) in [4.78, 5) is 29.4. The molecule has 0 saturated carbocycles. The number of amides is 1. The highest BCUT2D eigenvalue weighted by molar-refractivity contribution is 6.46. The molecule has 0 spiro atoms. The maximum Gasteiger partial charge on any atom is 0.295 e. The van der Waals surface area contributed by atoms with Gasteiger partial charge in [0.2, 0.25) is 0 Å². The summed E-state index contributed by atoms with van der Waals surface area (Å²) in [5.74, 6) is -0.445. The number of carbonyl (C=O) groups excluding carboxylic acids is 2. The van der Waals surface area contributed by atoms with Crippen LogP contribution in [0.1, 0.15) is 38.1 Å². The van der Waals surface area contributed by atoms with Crippen LogP contribution in [0.2, 0.25) is 0 Å². The molecular formula is C23H28N2O5. The molecule has 0 aliphatic carbocycles. The highest BCUT2D eigenvalue weighted by atomic mass is 16.5. The molecule has 30 heavy (non-hydrogen) atoms. The van der Waals surface area contributed by atoms with Gasteiger partial charge in [-0.05, 0) is 56.4 Å². The number of likely N-dealkylation sites (tertiary alicyclic amines) is 1. The minimum atomic E-state index is -0.762. The molecule has 1 amide bonds. The van der Waals surface area contributed by atoms with Crippen LogP contribution in [-0.4, -0.2) is 59.4 Å². The second-order valence-corrected chi connectivity index (χ2v) is 6.99. The van der Waals surface area contributed by atoms with Gasteiger partial charge in [-0.25, -0.2) is 0 Å². The minimum Gasteiger partial charge on any atom is -0.507 e.